The molecule has 1 rings (SSSR count). The lowest BCUT2D eigenvalue weighted by Gasteiger charge is -2.23. The quantitative estimate of drug-likeness (QED) is 0.704. The van der Waals surface area contributed by atoms with Crippen molar-refractivity contribution in [1.29, 1.82) is 0 Å². The fraction of sp³-hybridized carbons (Fsp3) is 0.357. The van der Waals surface area contributed by atoms with Gasteiger partial charge in [0.2, 0.25) is 0 Å². The van der Waals surface area contributed by atoms with Gasteiger partial charge in [-0.05, 0) is 32.0 Å². The highest BCUT2D eigenvalue weighted by Crippen LogP contribution is 2.11. The van der Waals surface area contributed by atoms with Crippen LogP contribution in [-0.4, -0.2) is 34.9 Å². The van der Waals surface area contributed by atoms with Crippen LogP contribution >= 0.6 is 0 Å². The second kappa shape index (κ2) is 6.32. The molecule has 0 aliphatic carbocycles. The van der Waals surface area contributed by atoms with Crippen molar-refractivity contribution >= 4 is 5.91 Å². The van der Waals surface area contributed by atoms with E-state index >= 15 is 0 Å². The minimum Gasteiger partial charge on any atom is -0.394 e. The largest absolute Gasteiger partial charge is 0.394 e. The van der Waals surface area contributed by atoms with Crippen LogP contribution in [0.15, 0.2) is 18.2 Å². The first-order valence-corrected chi connectivity index (χ1v) is 5.72. The number of aliphatic hydroxyl groups is 2. The minimum atomic E-state index is -0.821. The molecule has 3 N–H and O–H groups in total. The lowest BCUT2D eigenvalue weighted by molar-refractivity contribution is 0.0865. The molecule has 102 valence electrons. The molecule has 0 radical (unpaired) electrons. The number of carbonyl (C=O) groups excluding carboxylic acids is 1. The standard InChI is InChI=1S/C14H16FNO3/c1-14(2,9-18)16-13(19)11-6-5-10(4-3-7-17)8-12(11)15/h5-6,8,17-18H,7,9H2,1-2H3,(H,16,19). The molecule has 0 aliphatic heterocycles. The second-order valence-corrected chi connectivity index (χ2v) is 4.65. The summed E-state index contributed by atoms with van der Waals surface area (Å²) in [7, 11) is 0. The molecule has 0 saturated carbocycles. The summed E-state index contributed by atoms with van der Waals surface area (Å²) < 4.78 is 13.8. The van der Waals surface area contributed by atoms with E-state index in [1.807, 2.05) is 0 Å². The van der Waals surface area contributed by atoms with Gasteiger partial charge >= 0.3 is 0 Å². The first-order chi connectivity index (χ1) is 8.89. The number of nitrogens with one attached hydrogen (secondary N) is 1. The lowest BCUT2D eigenvalue weighted by atomic mass is 10.1. The first kappa shape index (κ1) is 15.2. The van der Waals surface area contributed by atoms with Gasteiger partial charge < -0.3 is 15.5 Å². The van der Waals surface area contributed by atoms with E-state index in [4.69, 9.17) is 10.2 Å². The van der Waals surface area contributed by atoms with Crippen molar-refractivity contribution in [2.45, 2.75) is 19.4 Å². The summed E-state index contributed by atoms with van der Waals surface area (Å²) in [6, 6.07) is 3.94. The first-order valence-electron chi connectivity index (χ1n) is 5.72. The summed E-state index contributed by atoms with van der Waals surface area (Å²) in [5.74, 6) is 3.65. The molecule has 19 heavy (non-hydrogen) atoms. The van der Waals surface area contributed by atoms with Gasteiger partial charge in [0.1, 0.15) is 12.4 Å². The molecule has 0 saturated heterocycles. The molecule has 0 atom stereocenters. The summed E-state index contributed by atoms with van der Waals surface area (Å²) in [4.78, 5) is 11.8. The zero-order chi connectivity index (χ0) is 14.5. The smallest absolute Gasteiger partial charge is 0.254 e. The molecule has 0 bridgehead atoms. The number of hydrogen-bond donors (Lipinski definition) is 3. The Bertz CT molecular complexity index is 529. The monoisotopic (exact) mass is 265 g/mol. The van der Waals surface area contributed by atoms with Gasteiger partial charge in [0.05, 0.1) is 17.7 Å². The van der Waals surface area contributed by atoms with Crippen molar-refractivity contribution in [2.24, 2.45) is 0 Å². The Labute approximate surface area is 111 Å². The number of amides is 1. The fourth-order valence-corrected chi connectivity index (χ4v) is 1.33. The van der Waals surface area contributed by atoms with Crippen molar-refractivity contribution in [3.05, 3.63) is 35.1 Å². The summed E-state index contributed by atoms with van der Waals surface area (Å²) >= 11 is 0. The van der Waals surface area contributed by atoms with Crippen LogP contribution in [0.3, 0.4) is 0 Å². The van der Waals surface area contributed by atoms with Gasteiger partial charge in [0.25, 0.3) is 5.91 Å². The average molecular weight is 265 g/mol. The maximum absolute atomic E-state index is 13.8. The van der Waals surface area contributed by atoms with E-state index in [0.29, 0.717) is 5.56 Å². The molecule has 1 amide bonds. The molecule has 1 aromatic rings. The maximum Gasteiger partial charge on any atom is 0.254 e. The molecule has 0 heterocycles. The number of aliphatic hydroxyl groups excluding tert-OH is 2. The second-order valence-electron chi connectivity index (χ2n) is 4.65. The van der Waals surface area contributed by atoms with Crippen molar-refractivity contribution in [3.63, 3.8) is 0 Å². The van der Waals surface area contributed by atoms with Crippen LogP contribution in [0.5, 0.6) is 0 Å². The molecule has 0 unspecified atom stereocenters. The number of rotatable bonds is 3. The highest BCUT2D eigenvalue weighted by atomic mass is 19.1. The molecule has 0 fully saturated rings. The predicted molar refractivity (Wildman–Crippen MR) is 69.0 cm³/mol. The van der Waals surface area contributed by atoms with Crippen LogP contribution in [-0.2, 0) is 0 Å². The van der Waals surface area contributed by atoms with E-state index in [1.165, 1.54) is 12.1 Å². The van der Waals surface area contributed by atoms with E-state index in [2.05, 4.69) is 17.2 Å². The number of hydrogen-bond acceptors (Lipinski definition) is 3. The van der Waals surface area contributed by atoms with Crippen LogP contribution in [0.1, 0.15) is 29.8 Å². The zero-order valence-corrected chi connectivity index (χ0v) is 10.8. The molecule has 5 heteroatoms. The third-order valence-corrected chi connectivity index (χ3v) is 2.37. The van der Waals surface area contributed by atoms with Gasteiger partial charge in [0.15, 0.2) is 0 Å². The molecule has 1 aromatic carbocycles. The van der Waals surface area contributed by atoms with E-state index in [0.717, 1.165) is 6.07 Å². The van der Waals surface area contributed by atoms with Crippen LogP contribution < -0.4 is 5.32 Å². The van der Waals surface area contributed by atoms with Crippen LogP contribution in [0.2, 0.25) is 0 Å². The molecule has 0 spiro atoms. The van der Waals surface area contributed by atoms with Crippen LogP contribution in [0, 0.1) is 17.7 Å². The molecular formula is C14H16FNO3. The van der Waals surface area contributed by atoms with Gasteiger partial charge in [-0.2, -0.15) is 0 Å². The Morgan fingerprint density at radius 1 is 1.42 bits per heavy atom. The molecule has 0 aliphatic rings. The SMILES string of the molecule is CC(C)(CO)NC(=O)c1ccc(C#CCO)cc1F. The summed E-state index contributed by atoms with van der Waals surface area (Å²) in [5, 5.41) is 20.1. The Morgan fingerprint density at radius 3 is 2.63 bits per heavy atom. The molecule has 0 aromatic heterocycles. The van der Waals surface area contributed by atoms with Crippen molar-refractivity contribution in [1.82, 2.24) is 5.32 Å². The Balaban J connectivity index is 2.94. The number of benzene rings is 1. The van der Waals surface area contributed by atoms with Gasteiger partial charge in [-0.3, -0.25) is 4.79 Å². The zero-order valence-electron chi connectivity index (χ0n) is 10.8. The summed E-state index contributed by atoms with van der Waals surface area (Å²) in [6.07, 6.45) is 0. The van der Waals surface area contributed by atoms with Crippen LogP contribution in [0.4, 0.5) is 4.39 Å². The topological polar surface area (TPSA) is 69.6 Å². The van der Waals surface area contributed by atoms with Gasteiger partial charge in [-0.15, -0.1) is 0 Å². The van der Waals surface area contributed by atoms with Crippen molar-refractivity contribution < 1.29 is 19.4 Å². The summed E-state index contributed by atoms with van der Waals surface area (Å²) in [5.41, 5.74) is -0.556. The van der Waals surface area contributed by atoms with Crippen molar-refractivity contribution in [2.75, 3.05) is 13.2 Å². The lowest BCUT2D eigenvalue weighted by Crippen LogP contribution is -2.46. The van der Waals surface area contributed by atoms with E-state index in [9.17, 15) is 9.18 Å². The van der Waals surface area contributed by atoms with E-state index in [1.54, 1.807) is 13.8 Å². The molecular weight excluding hydrogens is 249 g/mol. The predicted octanol–water partition coefficient (Wildman–Crippen LogP) is 0.670. The highest BCUT2D eigenvalue weighted by Gasteiger charge is 2.21. The Morgan fingerprint density at radius 2 is 2.11 bits per heavy atom. The fourth-order valence-electron chi connectivity index (χ4n) is 1.33. The van der Waals surface area contributed by atoms with Gasteiger partial charge in [-0.25, -0.2) is 4.39 Å². The van der Waals surface area contributed by atoms with Crippen LogP contribution in [0.25, 0.3) is 0 Å². The maximum atomic E-state index is 13.8. The Hall–Kier alpha value is -1.90. The molecule has 4 nitrogen and oxygen atoms in total. The van der Waals surface area contributed by atoms with Crippen molar-refractivity contribution in [3.8, 4) is 11.8 Å². The summed E-state index contributed by atoms with van der Waals surface area (Å²) in [6.45, 7) is 2.70. The Kier molecular flexibility index (Phi) is 5.04. The van der Waals surface area contributed by atoms with E-state index < -0.39 is 17.3 Å². The normalized spacial score (nSPS) is 10.6. The van der Waals surface area contributed by atoms with Gasteiger partial charge in [-0.1, -0.05) is 11.8 Å². The number of halogens is 1. The minimum absolute atomic E-state index is 0.115. The third kappa shape index (κ3) is 4.36. The van der Waals surface area contributed by atoms with E-state index in [-0.39, 0.29) is 18.8 Å². The average Bonchev–Trinajstić information content (AvgIpc) is 2.35. The third-order valence-electron chi connectivity index (χ3n) is 2.37. The highest BCUT2D eigenvalue weighted by molar-refractivity contribution is 5.95. The van der Waals surface area contributed by atoms with Gasteiger partial charge in [0, 0.05) is 5.56 Å². The number of carbonyl (C=O) groups is 1.